The number of halogens is 1. The maximum atomic E-state index is 12.3. The van der Waals surface area contributed by atoms with E-state index in [4.69, 9.17) is 16.3 Å². The molecule has 0 spiro atoms. The molecule has 0 saturated heterocycles. The number of sulfonamides is 1. The van der Waals surface area contributed by atoms with Crippen LogP contribution in [0.5, 0.6) is 0 Å². The molecule has 0 aliphatic heterocycles. The number of hydrogen-bond donors (Lipinski definition) is 0. The summed E-state index contributed by atoms with van der Waals surface area (Å²) in [7, 11) is -2.57. The van der Waals surface area contributed by atoms with Crippen molar-refractivity contribution in [2.75, 3.05) is 20.2 Å². The third kappa shape index (κ3) is 4.91. The minimum absolute atomic E-state index is 0.0316. The van der Waals surface area contributed by atoms with Gasteiger partial charge in [-0.3, -0.25) is 9.59 Å². The van der Waals surface area contributed by atoms with Crippen LogP contribution in [0.3, 0.4) is 0 Å². The van der Waals surface area contributed by atoms with Crippen molar-refractivity contribution in [1.29, 1.82) is 0 Å². The van der Waals surface area contributed by atoms with E-state index < -0.39 is 29.1 Å². The molecule has 0 radical (unpaired) electrons. The van der Waals surface area contributed by atoms with Gasteiger partial charge in [0.2, 0.25) is 5.78 Å². The largest absolute Gasteiger partial charge is 0.456 e. The number of Topliss-reactive ketones (excluding diaryl/α,β-unsaturated/α-hetero) is 1. The number of ketones is 1. The fourth-order valence-corrected chi connectivity index (χ4v) is 5.06. The van der Waals surface area contributed by atoms with Gasteiger partial charge in [0.1, 0.15) is 10.8 Å². The first kappa shape index (κ1) is 20.6. The van der Waals surface area contributed by atoms with Crippen molar-refractivity contribution >= 4 is 44.7 Å². The summed E-state index contributed by atoms with van der Waals surface area (Å²) in [5, 5.41) is 0. The van der Waals surface area contributed by atoms with Crippen molar-refractivity contribution in [3.05, 3.63) is 51.4 Å². The Bertz CT molecular complexity index is 936. The molecular weight excluding hydrogens is 398 g/mol. The van der Waals surface area contributed by atoms with E-state index in [0.29, 0.717) is 9.90 Å². The zero-order valence-electron chi connectivity index (χ0n) is 14.5. The van der Waals surface area contributed by atoms with Gasteiger partial charge in [-0.1, -0.05) is 35.4 Å². The van der Waals surface area contributed by atoms with E-state index in [0.717, 1.165) is 26.8 Å². The molecule has 1 heterocycles. The van der Waals surface area contributed by atoms with Crippen LogP contribution in [0.1, 0.15) is 21.5 Å². The quantitative estimate of drug-likeness (QED) is 0.512. The molecule has 0 unspecified atom stereocenters. The molecule has 26 heavy (non-hydrogen) atoms. The van der Waals surface area contributed by atoms with Crippen molar-refractivity contribution in [3.8, 4) is 0 Å². The Labute approximate surface area is 161 Å². The summed E-state index contributed by atoms with van der Waals surface area (Å²) in [6.45, 7) is 2.77. The Hall–Kier alpha value is -1.74. The molecule has 6 nitrogen and oxygen atoms in total. The maximum Gasteiger partial charge on any atom is 0.321 e. The molecule has 0 aliphatic rings. The van der Waals surface area contributed by atoms with Crippen molar-refractivity contribution in [3.63, 3.8) is 0 Å². The number of rotatable bonds is 7. The van der Waals surface area contributed by atoms with Crippen LogP contribution in [-0.4, -0.2) is 44.7 Å². The average molecular weight is 416 g/mol. The minimum atomic E-state index is -3.83. The Balaban J connectivity index is 1.95. The standard InChI is InChI=1S/C17H18ClNO5S2/c1-11-4-5-13(12(2)8-11)14(20)10-24-16(21)9-19(3)26(22,23)17-7-6-15(18)25-17/h4-8H,9-10H2,1-3H3. The van der Waals surface area contributed by atoms with Crippen LogP contribution in [-0.2, 0) is 19.6 Å². The van der Waals surface area contributed by atoms with Crippen molar-refractivity contribution in [1.82, 2.24) is 4.31 Å². The minimum Gasteiger partial charge on any atom is -0.456 e. The summed E-state index contributed by atoms with van der Waals surface area (Å²) < 4.78 is 30.8. The predicted octanol–water partition coefficient (Wildman–Crippen LogP) is 3.06. The number of likely N-dealkylation sites (N-methyl/N-ethyl adjacent to an activating group) is 1. The highest BCUT2D eigenvalue weighted by Gasteiger charge is 2.25. The van der Waals surface area contributed by atoms with Gasteiger partial charge >= 0.3 is 5.97 Å². The topological polar surface area (TPSA) is 80.8 Å². The average Bonchev–Trinajstić information content (AvgIpc) is 2.99. The van der Waals surface area contributed by atoms with E-state index in [9.17, 15) is 18.0 Å². The van der Waals surface area contributed by atoms with Gasteiger partial charge in [0.25, 0.3) is 10.0 Å². The van der Waals surface area contributed by atoms with E-state index in [2.05, 4.69) is 0 Å². The molecule has 2 aromatic rings. The third-order valence-electron chi connectivity index (χ3n) is 3.61. The number of carbonyl (C=O) groups excluding carboxylic acids is 2. The molecule has 140 valence electrons. The lowest BCUT2D eigenvalue weighted by Gasteiger charge is -2.15. The van der Waals surface area contributed by atoms with Gasteiger partial charge in [-0.05, 0) is 31.5 Å². The number of hydrogen-bond acceptors (Lipinski definition) is 6. The number of nitrogens with zero attached hydrogens (tertiary/aromatic N) is 1. The molecule has 1 aromatic heterocycles. The van der Waals surface area contributed by atoms with Crippen LogP contribution in [0.2, 0.25) is 4.34 Å². The number of thiophene rings is 1. The fourth-order valence-electron chi connectivity index (χ4n) is 2.25. The Morgan fingerprint density at radius 3 is 2.46 bits per heavy atom. The molecule has 0 aliphatic carbocycles. The maximum absolute atomic E-state index is 12.3. The SMILES string of the molecule is Cc1ccc(C(=O)COC(=O)CN(C)S(=O)(=O)c2ccc(Cl)s2)c(C)c1. The predicted molar refractivity (Wildman–Crippen MR) is 100 cm³/mol. The number of ether oxygens (including phenoxy) is 1. The highest BCUT2D eigenvalue weighted by molar-refractivity contribution is 7.91. The molecule has 0 amide bonds. The first-order valence-corrected chi connectivity index (χ1v) is 10.2. The van der Waals surface area contributed by atoms with Crippen LogP contribution in [0, 0.1) is 13.8 Å². The number of aryl methyl sites for hydroxylation is 2. The van der Waals surface area contributed by atoms with Crippen LogP contribution in [0.15, 0.2) is 34.5 Å². The Morgan fingerprint density at radius 1 is 1.19 bits per heavy atom. The summed E-state index contributed by atoms with van der Waals surface area (Å²) in [6.07, 6.45) is 0. The number of benzene rings is 1. The van der Waals surface area contributed by atoms with Gasteiger partial charge in [0, 0.05) is 12.6 Å². The van der Waals surface area contributed by atoms with Crippen molar-refractivity contribution in [2.24, 2.45) is 0 Å². The molecular formula is C17H18ClNO5S2. The summed E-state index contributed by atoms with van der Waals surface area (Å²) in [5.41, 5.74) is 2.29. The molecule has 1 aromatic carbocycles. The smallest absolute Gasteiger partial charge is 0.321 e. The van der Waals surface area contributed by atoms with Crippen LogP contribution < -0.4 is 0 Å². The second-order valence-corrected chi connectivity index (χ2v) is 9.71. The fraction of sp³-hybridized carbons (Fsp3) is 0.294. The Kier molecular flexibility index (Phi) is 6.57. The first-order chi connectivity index (χ1) is 12.1. The highest BCUT2D eigenvalue weighted by Crippen LogP contribution is 2.27. The molecule has 0 atom stereocenters. The molecule has 2 rings (SSSR count). The number of carbonyl (C=O) groups is 2. The van der Waals surface area contributed by atoms with Crippen LogP contribution in [0.4, 0.5) is 0 Å². The van der Waals surface area contributed by atoms with Gasteiger partial charge in [0.05, 0.1) is 4.34 Å². The van der Waals surface area contributed by atoms with Crippen LogP contribution in [0.25, 0.3) is 0 Å². The molecule has 9 heteroatoms. The molecule has 0 saturated carbocycles. The highest BCUT2D eigenvalue weighted by atomic mass is 35.5. The zero-order valence-corrected chi connectivity index (χ0v) is 16.9. The summed E-state index contributed by atoms with van der Waals surface area (Å²) >= 11 is 6.65. The zero-order chi connectivity index (χ0) is 19.5. The van der Waals surface area contributed by atoms with Gasteiger partial charge in [-0.25, -0.2) is 8.42 Å². The summed E-state index contributed by atoms with van der Waals surface area (Å²) in [5.74, 6) is -1.15. The third-order valence-corrected chi connectivity index (χ3v) is 7.11. The Morgan fingerprint density at radius 2 is 1.88 bits per heavy atom. The normalized spacial score (nSPS) is 11.6. The number of esters is 1. The van der Waals surface area contributed by atoms with E-state index in [-0.39, 0.29) is 9.99 Å². The van der Waals surface area contributed by atoms with Crippen molar-refractivity contribution in [2.45, 2.75) is 18.1 Å². The van der Waals surface area contributed by atoms with E-state index in [1.165, 1.54) is 19.2 Å². The van der Waals surface area contributed by atoms with Gasteiger partial charge < -0.3 is 4.74 Å². The summed E-state index contributed by atoms with van der Waals surface area (Å²) in [4.78, 5) is 24.1. The van der Waals surface area contributed by atoms with Gasteiger partial charge in [-0.2, -0.15) is 4.31 Å². The van der Waals surface area contributed by atoms with E-state index in [1.54, 1.807) is 19.1 Å². The lowest BCUT2D eigenvalue weighted by atomic mass is 10.0. The summed E-state index contributed by atoms with van der Waals surface area (Å²) in [6, 6.07) is 8.18. The second-order valence-electron chi connectivity index (χ2n) is 5.72. The first-order valence-electron chi connectivity index (χ1n) is 7.59. The van der Waals surface area contributed by atoms with Crippen LogP contribution >= 0.6 is 22.9 Å². The lowest BCUT2D eigenvalue weighted by Crippen LogP contribution is -2.33. The molecule has 0 fully saturated rings. The van der Waals surface area contributed by atoms with E-state index >= 15 is 0 Å². The lowest BCUT2D eigenvalue weighted by molar-refractivity contribution is -0.142. The monoisotopic (exact) mass is 415 g/mol. The second kappa shape index (κ2) is 8.30. The van der Waals surface area contributed by atoms with Crippen molar-refractivity contribution < 1.29 is 22.7 Å². The van der Waals surface area contributed by atoms with Gasteiger partial charge in [0.15, 0.2) is 6.61 Å². The van der Waals surface area contributed by atoms with Gasteiger partial charge in [-0.15, -0.1) is 11.3 Å². The van der Waals surface area contributed by atoms with E-state index in [1.807, 2.05) is 13.0 Å². The molecule has 0 N–H and O–H groups in total. The molecule has 0 bridgehead atoms.